The van der Waals surface area contributed by atoms with Gasteiger partial charge in [-0.3, -0.25) is 4.79 Å². The second-order valence-corrected chi connectivity index (χ2v) is 4.43. The summed E-state index contributed by atoms with van der Waals surface area (Å²) < 4.78 is 0. The second kappa shape index (κ2) is 5.15. The quantitative estimate of drug-likeness (QED) is 0.724. The van der Waals surface area contributed by atoms with E-state index in [-0.39, 0.29) is 0 Å². The second-order valence-electron chi connectivity index (χ2n) is 4.43. The molecule has 1 aliphatic heterocycles. The molecule has 1 atom stereocenters. The summed E-state index contributed by atoms with van der Waals surface area (Å²) in [4.78, 5) is 13.4. The van der Waals surface area contributed by atoms with Crippen LogP contribution in [0.5, 0.6) is 0 Å². The SMILES string of the molecule is CC[C@H]1CCCCN1c1ccccc1C=O. The third-order valence-corrected chi connectivity index (χ3v) is 3.47. The first-order valence-electron chi connectivity index (χ1n) is 6.17. The number of carbonyl (C=O) groups excluding carboxylic acids is 1. The van der Waals surface area contributed by atoms with Gasteiger partial charge in [-0.2, -0.15) is 0 Å². The molecular weight excluding hydrogens is 198 g/mol. The van der Waals surface area contributed by atoms with Crippen LogP contribution in [0.4, 0.5) is 5.69 Å². The molecule has 0 amide bonds. The first kappa shape index (κ1) is 11.2. The number of carbonyl (C=O) groups is 1. The van der Waals surface area contributed by atoms with E-state index >= 15 is 0 Å². The molecule has 2 nitrogen and oxygen atoms in total. The zero-order valence-corrected chi connectivity index (χ0v) is 9.86. The van der Waals surface area contributed by atoms with Crippen molar-refractivity contribution in [2.24, 2.45) is 0 Å². The Morgan fingerprint density at radius 2 is 2.19 bits per heavy atom. The molecule has 0 unspecified atom stereocenters. The Bertz CT molecular complexity index is 362. The van der Waals surface area contributed by atoms with Crippen LogP contribution in [-0.4, -0.2) is 18.9 Å². The highest BCUT2D eigenvalue weighted by atomic mass is 16.1. The van der Waals surface area contributed by atoms with E-state index in [1.54, 1.807) is 0 Å². The van der Waals surface area contributed by atoms with Crippen molar-refractivity contribution in [1.82, 2.24) is 0 Å². The molecule has 1 heterocycles. The van der Waals surface area contributed by atoms with Gasteiger partial charge in [0.2, 0.25) is 0 Å². The molecule has 0 saturated carbocycles. The Kier molecular flexibility index (Phi) is 3.60. The van der Waals surface area contributed by atoms with Crippen LogP contribution < -0.4 is 4.90 Å². The molecule has 16 heavy (non-hydrogen) atoms. The van der Waals surface area contributed by atoms with E-state index in [0.29, 0.717) is 6.04 Å². The maximum Gasteiger partial charge on any atom is 0.152 e. The smallest absolute Gasteiger partial charge is 0.152 e. The van der Waals surface area contributed by atoms with Gasteiger partial charge in [0.1, 0.15) is 0 Å². The van der Waals surface area contributed by atoms with Crippen molar-refractivity contribution in [3.63, 3.8) is 0 Å². The maximum atomic E-state index is 11.0. The lowest BCUT2D eigenvalue weighted by Gasteiger charge is -2.37. The molecule has 1 aliphatic rings. The van der Waals surface area contributed by atoms with E-state index in [1.807, 2.05) is 18.2 Å². The summed E-state index contributed by atoms with van der Waals surface area (Å²) in [6.45, 7) is 3.32. The third-order valence-electron chi connectivity index (χ3n) is 3.47. The van der Waals surface area contributed by atoms with Gasteiger partial charge in [-0.25, -0.2) is 0 Å². The highest BCUT2D eigenvalue weighted by Gasteiger charge is 2.22. The molecule has 1 aromatic carbocycles. The summed E-state index contributed by atoms with van der Waals surface area (Å²) in [6.07, 6.45) is 5.94. The van der Waals surface area contributed by atoms with Crippen LogP contribution in [0, 0.1) is 0 Å². The average molecular weight is 217 g/mol. The van der Waals surface area contributed by atoms with Crippen LogP contribution in [0.3, 0.4) is 0 Å². The van der Waals surface area contributed by atoms with Crippen LogP contribution in [0.25, 0.3) is 0 Å². The van der Waals surface area contributed by atoms with Crippen molar-refractivity contribution in [3.8, 4) is 0 Å². The lowest BCUT2D eigenvalue weighted by atomic mass is 9.98. The van der Waals surface area contributed by atoms with E-state index in [1.165, 1.54) is 19.3 Å². The fourth-order valence-electron chi connectivity index (χ4n) is 2.59. The van der Waals surface area contributed by atoms with Gasteiger partial charge in [0.15, 0.2) is 6.29 Å². The van der Waals surface area contributed by atoms with Gasteiger partial charge in [-0.15, -0.1) is 0 Å². The number of nitrogens with zero attached hydrogens (tertiary/aromatic N) is 1. The van der Waals surface area contributed by atoms with Crippen LogP contribution in [0.2, 0.25) is 0 Å². The monoisotopic (exact) mass is 217 g/mol. The molecule has 86 valence electrons. The van der Waals surface area contributed by atoms with Crippen LogP contribution in [-0.2, 0) is 0 Å². The van der Waals surface area contributed by atoms with Gasteiger partial charge in [-0.1, -0.05) is 19.1 Å². The standard InChI is InChI=1S/C14H19NO/c1-2-13-8-5-6-10-15(13)14-9-4-3-7-12(14)11-16/h3-4,7,9,11,13H,2,5-6,8,10H2,1H3/t13-/m0/s1. The van der Waals surface area contributed by atoms with Gasteiger partial charge >= 0.3 is 0 Å². The number of benzene rings is 1. The molecule has 0 bridgehead atoms. The summed E-state index contributed by atoms with van der Waals surface area (Å²) in [5.41, 5.74) is 1.94. The number of hydrogen-bond acceptors (Lipinski definition) is 2. The average Bonchev–Trinajstić information content (AvgIpc) is 2.38. The Balaban J connectivity index is 2.30. The minimum absolute atomic E-state index is 0.606. The highest BCUT2D eigenvalue weighted by Crippen LogP contribution is 2.28. The van der Waals surface area contributed by atoms with E-state index in [0.717, 1.165) is 30.5 Å². The molecule has 0 radical (unpaired) electrons. The Labute approximate surface area is 97.3 Å². The largest absolute Gasteiger partial charge is 0.368 e. The molecule has 2 heteroatoms. The van der Waals surface area contributed by atoms with E-state index in [4.69, 9.17) is 0 Å². The summed E-state index contributed by atoms with van der Waals surface area (Å²) >= 11 is 0. The Morgan fingerprint density at radius 3 is 2.94 bits per heavy atom. The minimum Gasteiger partial charge on any atom is -0.368 e. The number of rotatable bonds is 3. The summed E-state index contributed by atoms with van der Waals surface area (Å²) in [6, 6.07) is 8.53. The summed E-state index contributed by atoms with van der Waals surface area (Å²) in [7, 11) is 0. The van der Waals surface area contributed by atoms with Crippen molar-refractivity contribution < 1.29 is 4.79 Å². The Morgan fingerprint density at radius 1 is 1.38 bits per heavy atom. The first-order valence-corrected chi connectivity index (χ1v) is 6.17. The molecule has 0 aliphatic carbocycles. The van der Waals surface area contributed by atoms with Gasteiger partial charge in [-0.05, 0) is 37.8 Å². The highest BCUT2D eigenvalue weighted by molar-refractivity contribution is 5.84. The normalized spacial score (nSPS) is 20.8. The summed E-state index contributed by atoms with van der Waals surface area (Å²) in [5, 5.41) is 0. The lowest BCUT2D eigenvalue weighted by molar-refractivity contribution is 0.112. The fraction of sp³-hybridized carbons (Fsp3) is 0.500. The van der Waals surface area contributed by atoms with Crippen LogP contribution >= 0.6 is 0 Å². The van der Waals surface area contributed by atoms with E-state index in [9.17, 15) is 4.79 Å². The van der Waals surface area contributed by atoms with Gasteiger partial charge in [0.05, 0.1) is 0 Å². The summed E-state index contributed by atoms with van der Waals surface area (Å²) in [5.74, 6) is 0. The van der Waals surface area contributed by atoms with Crippen LogP contribution in [0.1, 0.15) is 43.0 Å². The molecule has 0 spiro atoms. The molecule has 2 rings (SSSR count). The van der Waals surface area contributed by atoms with Crippen molar-refractivity contribution in [2.75, 3.05) is 11.4 Å². The number of piperidine rings is 1. The van der Waals surface area contributed by atoms with Crippen molar-refractivity contribution in [1.29, 1.82) is 0 Å². The van der Waals surface area contributed by atoms with Crippen molar-refractivity contribution in [3.05, 3.63) is 29.8 Å². The van der Waals surface area contributed by atoms with E-state index in [2.05, 4.69) is 17.9 Å². The zero-order valence-electron chi connectivity index (χ0n) is 9.86. The molecular formula is C14H19NO. The topological polar surface area (TPSA) is 20.3 Å². The molecule has 0 aromatic heterocycles. The minimum atomic E-state index is 0.606. The van der Waals surface area contributed by atoms with Gasteiger partial charge in [0, 0.05) is 23.8 Å². The number of para-hydroxylation sites is 1. The first-order chi connectivity index (χ1) is 7.86. The zero-order chi connectivity index (χ0) is 11.4. The number of aldehydes is 1. The predicted molar refractivity (Wildman–Crippen MR) is 67.1 cm³/mol. The third kappa shape index (κ3) is 2.11. The fourth-order valence-corrected chi connectivity index (χ4v) is 2.59. The number of hydrogen-bond donors (Lipinski definition) is 0. The Hall–Kier alpha value is -1.31. The molecule has 1 fully saturated rings. The lowest BCUT2D eigenvalue weighted by Crippen LogP contribution is -2.39. The van der Waals surface area contributed by atoms with Crippen molar-refractivity contribution in [2.45, 2.75) is 38.6 Å². The van der Waals surface area contributed by atoms with E-state index < -0.39 is 0 Å². The number of anilines is 1. The molecule has 1 aromatic rings. The molecule has 1 saturated heterocycles. The maximum absolute atomic E-state index is 11.0. The van der Waals surface area contributed by atoms with Crippen molar-refractivity contribution >= 4 is 12.0 Å². The molecule has 0 N–H and O–H groups in total. The van der Waals surface area contributed by atoms with Gasteiger partial charge in [0.25, 0.3) is 0 Å². The van der Waals surface area contributed by atoms with Crippen LogP contribution in [0.15, 0.2) is 24.3 Å². The van der Waals surface area contributed by atoms with Gasteiger partial charge < -0.3 is 4.90 Å². The predicted octanol–water partition coefficient (Wildman–Crippen LogP) is 3.27.